The van der Waals surface area contributed by atoms with Gasteiger partial charge in [0.05, 0.1) is 16.9 Å². The number of aliphatic hydroxyl groups excluding tert-OH is 1. The number of hydrogen-bond donors (Lipinski definition) is 4. The molecule has 3 rings (SSSR count). The van der Waals surface area contributed by atoms with Crippen molar-refractivity contribution in [1.82, 2.24) is 0 Å². The van der Waals surface area contributed by atoms with Crippen molar-refractivity contribution in [3.63, 3.8) is 0 Å². The molecule has 8 heteroatoms. The highest BCUT2D eigenvalue weighted by molar-refractivity contribution is 7.93. The molecular formula is C21H23N3O4S. The van der Waals surface area contributed by atoms with Gasteiger partial charge in [-0.2, -0.15) is 0 Å². The minimum Gasteiger partial charge on any atom is -0.398 e. The number of nitrogen functional groups attached to an aromatic ring is 1. The molecule has 29 heavy (non-hydrogen) atoms. The fourth-order valence-corrected chi connectivity index (χ4v) is 4.03. The molecule has 5 N–H and O–H groups in total. The first-order valence-electron chi connectivity index (χ1n) is 8.96. The van der Waals surface area contributed by atoms with Gasteiger partial charge >= 0.3 is 0 Å². The van der Waals surface area contributed by atoms with E-state index in [0.29, 0.717) is 27.8 Å². The van der Waals surface area contributed by atoms with E-state index in [4.69, 9.17) is 5.73 Å². The molecule has 7 nitrogen and oxygen atoms in total. The van der Waals surface area contributed by atoms with Gasteiger partial charge in [-0.25, -0.2) is 8.42 Å². The zero-order valence-electron chi connectivity index (χ0n) is 16.1. The number of benzene rings is 3. The smallest absolute Gasteiger partial charge is 0.262 e. The fourth-order valence-electron chi connectivity index (χ4n) is 2.74. The highest BCUT2D eigenvalue weighted by Crippen LogP contribution is 2.28. The van der Waals surface area contributed by atoms with E-state index < -0.39 is 15.4 Å². The number of fused-ring (bicyclic) bond motifs is 1. The van der Waals surface area contributed by atoms with Crippen LogP contribution in [0, 0.1) is 5.41 Å². The van der Waals surface area contributed by atoms with Crippen LogP contribution in [0.4, 0.5) is 17.1 Å². The zero-order chi connectivity index (χ0) is 21.2. The van der Waals surface area contributed by atoms with Crippen molar-refractivity contribution < 1.29 is 18.3 Å². The predicted octanol–water partition coefficient (Wildman–Crippen LogP) is 3.18. The van der Waals surface area contributed by atoms with Crippen LogP contribution in [-0.4, -0.2) is 26.0 Å². The monoisotopic (exact) mass is 413 g/mol. The summed E-state index contributed by atoms with van der Waals surface area (Å²) in [6, 6.07) is 16.4. The number of amides is 1. The lowest BCUT2D eigenvalue weighted by Crippen LogP contribution is -2.33. The van der Waals surface area contributed by atoms with Crippen molar-refractivity contribution in [1.29, 1.82) is 0 Å². The number of nitrogens with one attached hydrogen (secondary N) is 2. The first-order valence-corrected chi connectivity index (χ1v) is 10.4. The number of rotatable bonds is 6. The third-order valence-electron chi connectivity index (χ3n) is 4.61. The Morgan fingerprint density at radius 2 is 1.55 bits per heavy atom. The summed E-state index contributed by atoms with van der Waals surface area (Å²) in [5, 5.41) is 13.2. The molecule has 0 unspecified atom stereocenters. The maximum atomic E-state index is 12.9. The fraction of sp³-hybridized carbons (Fsp3) is 0.190. The van der Waals surface area contributed by atoms with Crippen molar-refractivity contribution in [2.75, 3.05) is 22.4 Å². The maximum Gasteiger partial charge on any atom is 0.262 e. The van der Waals surface area contributed by atoms with Crippen molar-refractivity contribution >= 4 is 43.8 Å². The maximum absolute atomic E-state index is 12.9. The quantitative estimate of drug-likeness (QED) is 0.463. The third-order valence-corrected chi connectivity index (χ3v) is 6.05. The Labute approximate surface area is 169 Å². The summed E-state index contributed by atoms with van der Waals surface area (Å²) in [5.41, 5.74) is 6.39. The van der Waals surface area contributed by atoms with Crippen LogP contribution in [-0.2, 0) is 14.8 Å². The molecule has 0 radical (unpaired) electrons. The third kappa shape index (κ3) is 4.33. The molecule has 0 atom stereocenters. The molecule has 1 amide bonds. The molecule has 0 aliphatic rings. The molecule has 0 fully saturated rings. The predicted molar refractivity (Wildman–Crippen MR) is 115 cm³/mol. The van der Waals surface area contributed by atoms with E-state index in [1.54, 1.807) is 68.4 Å². The van der Waals surface area contributed by atoms with Crippen LogP contribution in [0.15, 0.2) is 65.6 Å². The van der Waals surface area contributed by atoms with E-state index in [-0.39, 0.29) is 17.4 Å². The average molecular weight is 413 g/mol. The van der Waals surface area contributed by atoms with Gasteiger partial charge in [0.25, 0.3) is 10.0 Å². The van der Waals surface area contributed by atoms with Crippen LogP contribution in [0.2, 0.25) is 0 Å². The largest absolute Gasteiger partial charge is 0.398 e. The lowest BCUT2D eigenvalue weighted by Gasteiger charge is -2.20. The van der Waals surface area contributed by atoms with E-state index in [9.17, 15) is 18.3 Å². The number of carbonyl (C=O) groups excluding carboxylic acids is 1. The van der Waals surface area contributed by atoms with E-state index in [1.165, 1.54) is 6.07 Å². The summed E-state index contributed by atoms with van der Waals surface area (Å²) < 4.78 is 28.4. The molecule has 0 saturated carbocycles. The van der Waals surface area contributed by atoms with Crippen LogP contribution < -0.4 is 15.8 Å². The molecule has 0 saturated heterocycles. The highest BCUT2D eigenvalue weighted by Gasteiger charge is 2.26. The summed E-state index contributed by atoms with van der Waals surface area (Å²) in [6.07, 6.45) is 0. The minimum atomic E-state index is -3.85. The van der Waals surface area contributed by atoms with E-state index in [2.05, 4.69) is 10.0 Å². The van der Waals surface area contributed by atoms with Crippen molar-refractivity contribution in [3.05, 3.63) is 60.7 Å². The summed E-state index contributed by atoms with van der Waals surface area (Å²) in [4.78, 5) is 12.3. The van der Waals surface area contributed by atoms with Gasteiger partial charge in [-0.15, -0.1) is 0 Å². The molecule has 0 aliphatic heterocycles. The first-order chi connectivity index (χ1) is 13.6. The summed E-state index contributed by atoms with van der Waals surface area (Å²) in [5.74, 6) is -0.332. The Kier molecular flexibility index (Phi) is 5.50. The number of sulfonamides is 1. The Morgan fingerprint density at radius 3 is 2.21 bits per heavy atom. The zero-order valence-corrected chi connectivity index (χ0v) is 17.0. The van der Waals surface area contributed by atoms with E-state index in [0.717, 1.165) is 0 Å². The van der Waals surface area contributed by atoms with Crippen molar-refractivity contribution in [2.45, 2.75) is 18.7 Å². The molecule has 152 valence electrons. The molecule has 0 spiro atoms. The standard InChI is InChI=1S/C21H23N3O4S/c1-21(2,13-25)20(26)23-14-9-11-15(12-10-14)24-29(27,28)19-8-4-5-16-17(19)6-3-7-18(16)22/h3-12,24-25H,13,22H2,1-2H3,(H,23,26). The van der Waals surface area contributed by atoms with Gasteiger partial charge in [-0.1, -0.05) is 24.3 Å². The van der Waals surface area contributed by atoms with Crippen LogP contribution in [0.3, 0.4) is 0 Å². The van der Waals surface area contributed by atoms with Gasteiger partial charge < -0.3 is 16.2 Å². The molecule has 0 heterocycles. The Hall–Kier alpha value is -3.10. The Morgan fingerprint density at radius 1 is 0.966 bits per heavy atom. The van der Waals surface area contributed by atoms with Gasteiger partial charge in [0.15, 0.2) is 0 Å². The SMILES string of the molecule is CC(C)(CO)C(=O)Nc1ccc(NS(=O)(=O)c2cccc3c(N)cccc23)cc1. The van der Waals surface area contributed by atoms with Gasteiger partial charge in [0.1, 0.15) is 0 Å². The number of carbonyl (C=O) groups is 1. The average Bonchev–Trinajstić information content (AvgIpc) is 2.69. The van der Waals surface area contributed by atoms with Crippen molar-refractivity contribution in [2.24, 2.45) is 5.41 Å². The van der Waals surface area contributed by atoms with Gasteiger partial charge in [0.2, 0.25) is 5.91 Å². The summed E-state index contributed by atoms with van der Waals surface area (Å²) in [7, 11) is -3.85. The summed E-state index contributed by atoms with van der Waals surface area (Å²) >= 11 is 0. The van der Waals surface area contributed by atoms with Crippen LogP contribution in [0.25, 0.3) is 10.8 Å². The first kappa shape index (κ1) is 20.6. The number of anilines is 3. The lowest BCUT2D eigenvalue weighted by atomic mass is 9.93. The van der Waals surface area contributed by atoms with E-state index >= 15 is 0 Å². The molecule has 0 aliphatic carbocycles. The van der Waals surface area contributed by atoms with E-state index in [1.807, 2.05) is 0 Å². The number of hydrogen-bond acceptors (Lipinski definition) is 5. The van der Waals surface area contributed by atoms with Crippen LogP contribution in [0.5, 0.6) is 0 Å². The topological polar surface area (TPSA) is 122 Å². The normalized spacial score (nSPS) is 12.0. The second kappa shape index (κ2) is 7.73. The molecular weight excluding hydrogens is 390 g/mol. The minimum absolute atomic E-state index is 0.129. The second-order valence-electron chi connectivity index (χ2n) is 7.38. The van der Waals surface area contributed by atoms with Crippen LogP contribution >= 0.6 is 0 Å². The number of nitrogens with two attached hydrogens (primary N) is 1. The van der Waals surface area contributed by atoms with Gasteiger partial charge in [-0.3, -0.25) is 9.52 Å². The van der Waals surface area contributed by atoms with Crippen LogP contribution in [0.1, 0.15) is 13.8 Å². The molecule has 0 bridgehead atoms. The number of aliphatic hydroxyl groups is 1. The highest BCUT2D eigenvalue weighted by atomic mass is 32.2. The van der Waals surface area contributed by atoms with Gasteiger partial charge in [0, 0.05) is 27.8 Å². The molecule has 0 aromatic heterocycles. The Balaban J connectivity index is 1.83. The summed E-state index contributed by atoms with van der Waals surface area (Å²) in [6.45, 7) is 2.97. The molecule has 3 aromatic rings. The van der Waals surface area contributed by atoms with Gasteiger partial charge in [-0.05, 0) is 50.2 Å². The molecule has 3 aromatic carbocycles. The lowest BCUT2D eigenvalue weighted by molar-refractivity contribution is -0.125. The Bertz CT molecular complexity index is 1160. The van der Waals surface area contributed by atoms with Crippen molar-refractivity contribution in [3.8, 4) is 0 Å². The second-order valence-corrected chi connectivity index (χ2v) is 9.03.